The van der Waals surface area contributed by atoms with Crippen LogP contribution in [0.2, 0.25) is 10.0 Å². The molecule has 0 unspecified atom stereocenters. The predicted molar refractivity (Wildman–Crippen MR) is 70.1 cm³/mol. The Hall–Kier alpha value is -1.46. The highest BCUT2D eigenvalue weighted by Gasteiger charge is 2.16. The van der Waals surface area contributed by atoms with Gasteiger partial charge in [-0.2, -0.15) is 0 Å². The number of amides is 2. The van der Waals surface area contributed by atoms with Gasteiger partial charge in [-0.05, 0) is 19.1 Å². The van der Waals surface area contributed by atoms with Gasteiger partial charge in [0.15, 0.2) is 0 Å². The molecule has 0 aliphatic heterocycles. The molecule has 0 fully saturated rings. The summed E-state index contributed by atoms with van der Waals surface area (Å²) in [5, 5.41) is 5.45. The van der Waals surface area contributed by atoms with Crippen LogP contribution in [0.4, 0.5) is 10.5 Å². The summed E-state index contributed by atoms with van der Waals surface area (Å²) in [6.45, 7) is 1.50. The maximum Gasteiger partial charge on any atom is 0.328 e. The molecular weight excluding hydrogens is 279 g/mol. The molecule has 0 saturated carbocycles. The van der Waals surface area contributed by atoms with Crippen molar-refractivity contribution in [2.24, 2.45) is 0 Å². The SMILES string of the molecule is COC(=O)[C@H](C)NC(=O)Nc1cccc(Cl)c1Cl. The van der Waals surface area contributed by atoms with Gasteiger partial charge in [-0.15, -0.1) is 0 Å². The highest BCUT2D eigenvalue weighted by molar-refractivity contribution is 6.43. The summed E-state index contributed by atoms with van der Waals surface area (Å²) in [5.41, 5.74) is 0.360. The first-order chi connectivity index (χ1) is 8.45. The molecule has 1 atom stereocenters. The molecular formula is C11H12Cl2N2O3. The van der Waals surface area contributed by atoms with E-state index in [-0.39, 0.29) is 5.02 Å². The minimum absolute atomic E-state index is 0.236. The summed E-state index contributed by atoms with van der Waals surface area (Å²) in [4.78, 5) is 22.7. The zero-order valence-electron chi connectivity index (χ0n) is 9.79. The lowest BCUT2D eigenvalue weighted by atomic mass is 10.3. The normalized spacial score (nSPS) is 11.6. The van der Waals surface area contributed by atoms with Gasteiger partial charge in [-0.1, -0.05) is 29.3 Å². The molecule has 0 spiro atoms. The van der Waals surface area contributed by atoms with Crippen molar-refractivity contribution in [2.45, 2.75) is 13.0 Å². The second-order valence-corrected chi connectivity index (χ2v) is 4.23. The average Bonchev–Trinajstić information content (AvgIpc) is 2.33. The zero-order valence-corrected chi connectivity index (χ0v) is 11.3. The van der Waals surface area contributed by atoms with Crippen molar-refractivity contribution < 1.29 is 14.3 Å². The Balaban J connectivity index is 2.65. The van der Waals surface area contributed by atoms with Gasteiger partial charge in [-0.25, -0.2) is 9.59 Å². The van der Waals surface area contributed by atoms with Crippen LogP contribution in [0, 0.1) is 0 Å². The zero-order chi connectivity index (χ0) is 13.7. The quantitative estimate of drug-likeness (QED) is 0.841. The number of anilines is 1. The third-order valence-electron chi connectivity index (χ3n) is 2.10. The molecule has 1 aromatic carbocycles. The Morgan fingerprint density at radius 3 is 2.61 bits per heavy atom. The Morgan fingerprint density at radius 1 is 1.33 bits per heavy atom. The fraction of sp³-hybridized carbons (Fsp3) is 0.273. The average molecular weight is 291 g/mol. The molecule has 0 aromatic heterocycles. The standard InChI is InChI=1S/C11H12Cl2N2O3/c1-6(10(16)18-2)14-11(17)15-8-5-3-4-7(12)9(8)13/h3-6H,1-2H3,(H2,14,15,17)/t6-/m0/s1. The van der Waals surface area contributed by atoms with E-state index >= 15 is 0 Å². The summed E-state index contributed by atoms with van der Waals surface area (Å²) in [6.07, 6.45) is 0. The number of nitrogens with one attached hydrogen (secondary N) is 2. The van der Waals surface area contributed by atoms with Crippen LogP contribution < -0.4 is 10.6 Å². The molecule has 0 aliphatic carbocycles. The van der Waals surface area contributed by atoms with Crippen LogP contribution in [0.15, 0.2) is 18.2 Å². The van der Waals surface area contributed by atoms with Gasteiger partial charge in [0.2, 0.25) is 0 Å². The molecule has 7 heteroatoms. The van der Waals surface area contributed by atoms with Crippen LogP contribution in [0.1, 0.15) is 6.92 Å². The Bertz CT molecular complexity index is 466. The van der Waals surface area contributed by atoms with Crippen molar-refractivity contribution >= 4 is 40.9 Å². The number of carbonyl (C=O) groups is 2. The van der Waals surface area contributed by atoms with E-state index < -0.39 is 18.0 Å². The van der Waals surface area contributed by atoms with Crippen LogP contribution >= 0.6 is 23.2 Å². The fourth-order valence-electron chi connectivity index (χ4n) is 1.19. The molecule has 0 heterocycles. The van der Waals surface area contributed by atoms with E-state index in [9.17, 15) is 9.59 Å². The lowest BCUT2D eigenvalue weighted by Gasteiger charge is -2.13. The molecule has 0 bridgehead atoms. The lowest BCUT2D eigenvalue weighted by molar-refractivity contribution is -0.142. The van der Waals surface area contributed by atoms with Gasteiger partial charge in [0.1, 0.15) is 6.04 Å². The van der Waals surface area contributed by atoms with Gasteiger partial charge in [0.05, 0.1) is 22.8 Å². The number of methoxy groups -OCH3 is 1. The van der Waals surface area contributed by atoms with E-state index in [0.29, 0.717) is 10.7 Å². The van der Waals surface area contributed by atoms with Crippen molar-refractivity contribution in [2.75, 3.05) is 12.4 Å². The minimum atomic E-state index is -0.757. The molecule has 0 saturated heterocycles. The number of esters is 1. The summed E-state index contributed by atoms with van der Waals surface area (Å²) in [7, 11) is 1.24. The van der Waals surface area contributed by atoms with Gasteiger partial charge in [-0.3, -0.25) is 0 Å². The molecule has 1 rings (SSSR count). The van der Waals surface area contributed by atoms with E-state index in [1.165, 1.54) is 14.0 Å². The van der Waals surface area contributed by atoms with E-state index in [2.05, 4.69) is 15.4 Å². The topological polar surface area (TPSA) is 67.4 Å². The van der Waals surface area contributed by atoms with E-state index in [1.807, 2.05) is 0 Å². The van der Waals surface area contributed by atoms with Crippen molar-refractivity contribution in [3.05, 3.63) is 28.2 Å². The molecule has 0 radical (unpaired) electrons. The smallest absolute Gasteiger partial charge is 0.328 e. The third kappa shape index (κ3) is 3.78. The van der Waals surface area contributed by atoms with Crippen LogP contribution in [0.5, 0.6) is 0 Å². The Kier molecular flexibility index (Phi) is 5.25. The van der Waals surface area contributed by atoms with Crippen molar-refractivity contribution in [3.8, 4) is 0 Å². The number of halogens is 2. The van der Waals surface area contributed by atoms with Crippen LogP contribution in [-0.2, 0) is 9.53 Å². The number of rotatable bonds is 3. The summed E-state index contributed by atoms with van der Waals surface area (Å²) < 4.78 is 4.48. The number of hydrogen-bond acceptors (Lipinski definition) is 3. The first-order valence-electron chi connectivity index (χ1n) is 5.05. The summed E-state index contributed by atoms with van der Waals surface area (Å²) >= 11 is 11.7. The second kappa shape index (κ2) is 6.47. The van der Waals surface area contributed by atoms with Gasteiger partial charge < -0.3 is 15.4 Å². The second-order valence-electron chi connectivity index (χ2n) is 3.44. The number of urea groups is 1. The maximum absolute atomic E-state index is 11.6. The minimum Gasteiger partial charge on any atom is -0.467 e. The van der Waals surface area contributed by atoms with Crippen molar-refractivity contribution in [1.29, 1.82) is 0 Å². The monoisotopic (exact) mass is 290 g/mol. The Labute approximate surface area is 114 Å². The highest BCUT2D eigenvalue weighted by atomic mass is 35.5. The fourth-order valence-corrected chi connectivity index (χ4v) is 1.54. The maximum atomic E-state index is 11.6. The number of hydrogen-bond donors (Lipinski definition) is 2. The number of benzene rings is 1. The van der Waals surface area contributed by atoms with E-state index in [4.69, 9.17) is 23.2 Å². The molecule has 2 N–H and O–H groups in total. The highest BCUT2D eigenvalue weighted by Crippen LogP contribution is 2.29. The van der Waals surface area contributed by atoms with E-state index in [0.717, 1.165) is 0 Å². The van der Waals surface area contributed by atoms with Crippen LogP contribution in [0.3, 0.4) is 0 Å². The number of carbonyl (C=O) groups excluding carboxylic acids is 2. The number of ether oxygens (including phenoxy) is 1. The molecule has 1 aromatic rings. The predicted octanol–water partition coefficient (Wildman–Crippen LogP) is 2.68. The lowest BCUT2D eigenvalue weighted by Crippen LogP contribution is -2.41. The Morgan fingerprint density at radius 2 is 2.00 bits per heavy atom. The summed E-state index contributed by atoms with van der Waals surface area (Å²) in [6, 6.07) is 3.51. The van der Waals surface area contributed by atoms with Gasteiger partial charge in [0, 0.05) is 0 Å². The molecule has 5 nitrogen and oxygen atoms in total. The largest absolute Gasteiger partial charge is 0.467 e. The molecule has 2 amide bonds. The third-order valence-corrected chi connectivity index (χ3v) is 2.92. The molecule has 0 aliphatic rings. The van der Waals surface area contributed by atoms with Gasteiger partial charge in [0.25, 0.3) is 0 Å². The van der Waals surface area contributed by atoms with Crippen LogP contribution in [-0.4, -0.2) is 25.2 Å². The molecule has 98 valence electrons. The first-order valence-corrected chi connectivity index (χ1v) is 5.80. The molecule has 18 heavy (non-hydrogen) atoms. The van der Waals surface area contributed by atoms with Crippen LogP contribution in [0.25, 0.3) is 0 Å². The summed E-state index contributed by atoms with van der Waals surface area (Å²) in [5.74, 6) is -0.539. The van der Waals surface area contributed by atoms with Gasteiger partial charge >= 0.3 is 12.0 Å². The van der Waals surface area contributed by atoms with E-state index in [1.54, 1.807) is 18.2 Å². The first kappa shape index (κ1) is 14.6. The van der Waals surface area contributed by atoms with Crippen molar-refractivity contribution in [1.82, 2.24) is 5.32 Å². The van der Waals surface area contributed by atoms with Crippen molar-refractivity contribution in [3.63, 3.8) is 0 Å².